The molecule has 0 radical (unpaired) electrons. The van der Waals surface area contributed by atoms with Gasteiger partial charge in [-0.2, -0.15) is 8.42 Å². The lowest BCUT2D eigenvalue weighted by atomic mass is 9.93. The molecule has 2 N–H and O–H groups in total. The number of alkyl halides is 2. The minimum atomic E-state index is -4.84. The van der Waals surface area contributed by atoms with Crippen LogP contribution in [0.4, 0.5) is 13.6 Å². The number of hydrogen-bond acceptors (Lipinski definition) is 9. The predicted octanol–water partition coefficient (Wildman–Crippen LogP) is 7.93. The number of benzene rings is 4. The topological polar surface area (TPSA) is 146 Å². The number of carbonyl (C=O) groups is 2. The van der Waals surface area contributed by atoms with Crippen molar-refractivity contribution in [3.63, 3.8) is 0 Å². The van der Waals surface area contributed by atoms with Crippen LogP contribution in [0.3, 0.4) is 0 Å². The van der Waals surface area contributed by atoms with Crippen molar-refractivity contribution in [3.05, 3.63) is 91.0 Å². The quantitative estimate of drug-likeness (QED) is 0.0611. The maximum absolute atomic E-state index is 13.6. The van der Waals surface area contributed by atoms with Gasteiger partial charge in [-0.1, -0.05) is 36.4 Å². The first-order chi connectivity index (χ1) is 22.9. The fourth-order valence-electron chi connectivity index (χ4n) is 4.65. The molecule has 13 heteroatoms. The first-order valence-corrected chi connectivity index (χ1v) is 16.7. The first-order valence-electron chi connectivity index (χ1n) is 15.1. The summed E-state index contributed by atoms with van der Waals surface area (Å²) >= 11 is 0. The van der Waals surface area contributed by atoms with Crippen LogP contribution in [0.15, 0.2) is 91.0 Å². The lowest BCUT2D eigenvalue weighted by Gasteiger charge is -2.18. The number of esters is 1. The Morgan fingerprint density at radius 3 is 1.67 bits per heavy atom. The highest BCUT2D eigenvalue weighted by Gasteiger charge is 2.34. The molecule has 0 bridgehead atoms. The summed E-state index contributed by atoms with van der Waals surface area (Å²) in [6.45, 7) is 4.38. The molecule has 0 saturated carbocycles. The van der Waals surface area contributed by atoms with Crippen LogP contribution in [-0.2, 0) is 24.4 Å². The maximum atomic E-state index is 13.6. The van der Waals surface area contributed by atoms with Crippen LogP contribution in [0.25, 0.3) is 33.4 Å². The Kier molecular flexibility index (Phi) is 11.6. The Balaban J connectivity index is 1.44. The van der Waals surface area contributed by atoms with Crippen molar-refractivity contribution in [2.75, 3.05) is 19.0 Å². The van der Waals surface area contributed by atoms with E-state index in [0.717, 1.165) is 33.4 Å². The molecular weight excluding hydrogens is 662 g/mol. The lowest BCUT2D eigenvalue weighted by molar-refractivity contribution is -0.146. The molecular formula is C36H36F2O10S. The van der Waals surface area contributed by atoms with Crippen molar-refractivity contribution in [2.24, 2.45) is 0 Å². The predicted molar refractivity (Wildman–Crippen MR) is 178 cm³/mol. The van der Waals surface area contributed by atoms with E-state index >= 15 is 0 Å². The number of hydrogen-bond donors (Lipinski definition) is 2. The first kappa shape index (κ1) is 36.8. The van der Waals surface area contributed by atoms with Gasteiger partial charge in [-0.3, -0.25) is 4.55 Å². The van der Waals surface area contributed by atoms with Crippen LogP contribution in [0.2, 0.25) is 0 Å². The average Bonchev–Trinajstić information content (AvgIpc) is 3.01. The van der Waals surface area contributed by atoms with Gasteiger partial charge in [0.05, 0.1) is 6.61 Å². The van der Waals surface area contributed by atoms with Crippen LogP contribution in [0, 0.1) is 0 Å². The molecule has 4 aromatic carbocycles. The van der Waals surface area contributed by atoms with Crippen LogP contribution < -0.4 is 9.47 Å². The van der Waals surface area contributed by atoms with Crippen molar-refractivity contribution >= 4 is 22.2 Å². The standard InChI is InChI=1S/C36H36F2O10S/c1-35(2,3)48-34(41)47-32-15-9-26(10-16-32)29-20-27(24-5-11-30(39)12-6-24)19-28(21-29)25-7-13-31(14-8-25)46-22-33(40)45-18-4-17-36(37,38)23-49(42,43)44/h5-16,19-21,39H,4,17-18,22-23H2,1-3H3,(H,42,43,44). The van der Waals surface area contributed by atoms with Gasteiger partial charge in [0.25, 0.3) is 16.0 Å². The van der Waals surface area contributed by atoms with E-state index in [0.29, 0.717) is 11.5 Å². The maximum Gasteiger partial charge on any atom is 0.514 e. The molecule has 4 rings (SSSR count). The summed E-state index contributed by atoms with van der Waals surface area (Å²) in [4.78, 5) is 24.1. The molecule has 0 spiro atoms. The fraction of sp³-hybridized carbons (Fsp3) is 0.278. The molecule has 260 valence electrons. The Morgan fingerprint density at radius 1 is 0.735 bits per heavy atom. The van der Waals surface area contributed by atoms with Crippen molar-refractivity contribution in [3.8, 4) is 50.6 Å². The Hall–Kier alpha value is -5.01. The third-order valence-corrected chi connectivity index (χ3v) is 7.59. The zero-order valence-corrected chi connectivity index (χ0v) is 27.8. The molecule has 0 heterocycles. The van der Waals surface area contributed by atoms with Crippen LogP contribution in [0.5, 0.6) is 17.2 Å². The SMILES string of the molecule is CC(C)(C)OC(=O)Oc1ccc(-c2cc(-c3ccc(O)cc3)cc(-c3ccc(OCC(=O)OCCCC(F)(F)CS(=O)(=O)O)cc3)c2)cc1. The number of phenols is 1. The zero-order chi connectivity index (χ0) is 35.8. The summed E-state index contributed by atoms with van der Waals surface area (Å²) in [6, 6.07) is 26.7. The van der Waals surface area contributed by atoms with E-state index in [2.05, 4.69) is 0 Å². The number of ether oxygens (including phenoxy) is 4. The van der Waals surface area contributed by atoms with Gasteiger partial charge in [-0.15, -0.1) is 0 Å². The van der Waals surface area contributed by atoms with E-state index < -0.39 is 52.5 Å². The van der Waals surface area contributed by atoms with Gasteiger partial charge in [0.1, 0.15) is 28.6 Å². The molecule has 0 aromatic heterocycles. The van der Waals surface area contributed by atoms with Crippen molar-refractivity contribution < 1.29 is 55.4 Å². The third-order valence-electron chi connectivity index (χ3n) is 6.80. The molecule has 49 heavy (non-hydrogen) atoms. The summed E-state index contributed by atoms with van der Waals surface area (Å²) in [5.74, 6) is -5.32. The highest BCUT2D eigenvalue weighted by molar-refractivity contribution is 7.85. The Bertz CT molecular complexity index is 1850. The molecule has 0 atom stereocenters. The summed E-state index contributed by atoms with van der Waals surface area (Å²) in [5.41, 5.74) is 4.44. The van der Waals surface area contributed by atoms with Gasteiger partial charge in [0.15, 0.2) is 6.61 Å². The number of phenolic OH excluding ortho intramolecular Hbond substituents is 1. The minimum Gasteiger partial charge on any atom is -0.508 e. The smallest absolute Gasteiger partial charge is 0.508 e. The largest absolute Gasteiger partial charge is 0.514 e. The highest BCUT2D eigenvalue weighted by Crippen LogP contribution is 2.35. The average molecular weight is 699 g/mol. The van der Waals surface area contributed by atoms with Crippen molar-refractivity contribution in [1.82, 2.24) is 0 Å². The molecule has 4 aromatic rings. The monoisotopic (exact) mass is 698 g/mol. The van der Waals surface area contributed by atoms with E-state index in [-0.39, 0.29) is 18.8 Å². The van der Waals surface area contributed by atoms with Crippen LogP contribution in [-0.4, -0.2) is 60.7 Å². The molecule has 0 aliphatic heterocycles. The zero-order valence-electron chi connectivity index (χ0n) is 27.0. The minimum absolute atomic E-state index is 0.136. The van der Waals surface area contributed by atoms with Crippen molar-refractivity contribution in [1.29, 1.82) is 0 Å². The number of carbonyl (C=O) groups excluding carboxylic acids is 2. The summed E-state index contributed by atoms with van der Waals surface area (Å²) < 4.78 is 78.0. The second-order valence-electron chi connectivity index (χ2n) is 12.2. The molecule has 0 fully saturated rings. The van der Waals surface area contributed by atoms with Crippen LogP contribution >= 0.6 is 0 Å². The summed E-state index contributed by atoms with van der Waals surface area (Å²) in [7, 11) is -4.84. The van der Waals surface area contributed by atoms with Gasteiger partial charge >= 0.3 is 12.1 Å². The summed E-state index contributed by atoms with van der Waals surface area (Å²) in [6.07, 6.45) is -2.00. The Labute approximate surface area is 283 Å². The van der Waals surface area contributed by atoms with Gasteiger partial charge in [0, 0.05) is 6.42 Å². The van der Waals surface area contributed by atoms with E-state index in [9.17, 15) is 31.9 Å². The van der Waals surface area contributed by atoms with Gasteiger partial charge in [0.2, 0.25) is 0 Å². The van der Waals surface area contributed by atoms with E-state index in [1.54, 1.807) is 81.4 Å². The fourth-order valence-corrected chi connectivity index (χ4v) is 5.33. The molecule has 0 amide bonds. The lowest BCUT2D eigenvalue weighted by Crippen LogP contribution is -2.28. The van der Waals surface area contributed by atoms with E-state index in [4.69, 9.17) is 23.5 Å². The normalized spacial score (nSPS) is 11.9. The van der Waals surface area contributed by atoms with Crippen molar-refractivity contribution in [2.45, 2.75) is 45.1 Å². The van der Waals surface area contributed by atoms with Gasteiger partial charge in [-0.25, -0.2) is 18.4 Å². The number of aromatic hydroxyl groups is 1. The van der Waals surface area contributed by atoms with E-state index in [1.807, 2.05) is 30.3 Å². The molecule has 0 aliphatic rings. The van der Waals surface area contributed by atoms with E-state index in [1.165, 1.54) is 0 Å². The molecule has 0 aliphatic carbocycles. The molecule has 0 saturated heterocycles. The number of halogens is 2. The van der Waals surface area contributed by atoms with Gasteiger partial charge in [-0.05, 0) is 115 Å². The second kappa shape index (κ2) is 15.5. The highest BCUT2D eigenvalue weighted by atomic mass is 32.2. The second-order valence-corrected chi connectivity index (χ2v) is 13.6. The molecule has 10 nitrogen and oxygen atoms in total. The van der Waals surface area contributed by atoms with Crippen LogP contribution in [0.1, 0.15) is 33.6 Å². The summed E-state index contributed by atoms with van der Waals surface area (Å²) in [5, 5.41) is 9.80. The molecule has 0 unspecified atom stereocenters. The Morgan fingerprint density at radius 2 is 1.20 bits per heavy atom. The van der Waals surface area contributed by atoms with Gasteiger partial charge < -0.3 is 24.1 Å². The third kappa shape index (κ3) is 12.2. The number of rotatable bonds is 13.